The lowest BCUT2D eigenvalue weighted by atomic mass is 9.58. The molecule has 6 aliphatic carbocycles. The molecule has 0 aromatic carbocycles. The number of fused-ring (bicyclic) bond motifs is 11. The van der Waals surface area contributed by atoms with Gasteiger partial charge >= 0.3 is 0 Å². The molecule has 0 unspecified atom stereocenters. The zero-order chi connectivity index (χ0) is 40.5. The number of allylic oxidation sites excluding steroid dienone is 4. The molecule has 294 valence electrons. The molecule has 58 heavy (non-hydrogen) atoms. The maximum Gasteiger partial charge on any atom is 0.271 e. The van der Waals surface area contributed by atoms with Gasteiger partial charge in [0.25, 0.3) is 29.3 Å². The minimum atomic E-state index is -0.540. The third kappa shape index (κ3) is 4.71. The largest absolute Gasteiger partial charge is 0.287 e. The number of likely N-dealkylation sites (N-methyl/N-ethyl adjacent to an activating group) is 2. The summed E-state index contributed by atoms with van der Waals surface area (Å²) in [5.74, 6) is -1.77. The predicted octanol–water partition coefficient (Wildman–Crippen LogP) is 10.1. The average molecular weight is 807 g/mol. The van der Waals surface area contributed by atoms with E-state index in [0.29, 0.717) is 22.3 Å². The topological polar surface area (TPSA) is 103 Å². The number of hydrogen-bond donors (Lipinski definition) is 0. The van der Waals surface area contributed by atoms with Crippen molar-refractivity contribution in [2.45, 2.75) is 126 Å². The van der Waals surface area contributed by atoms with Gasteiger partial charge in [-0.25, -0.2) is 4.85 Å². The fourth-order valence-corrected chi connectivity index (χ4v) is 15.4. The van der Waals surface area contributed by atoms with Crippen LogP contribution in [0.15, 0.2) is 56.9 Å². The molecule has 8 aliphatic rings. The van der Waals surface area contributed by atoms with Crippen LogP contribution >= 0.6 is 22.7 Å². The van der Waals surface area contributed by atoms with Gasteiger partial charge in [-0.1, -0.05) is 57.8 Å². The highest BCUT2D eigenvalue weighted by molar-refractivity contribution is 7.23. The Bertz CT molecular complexity index is 2430. The number of rotatable bonds is 2. The molecule has 10 rings (SSSR count). The second kappa shape index (κ2) is 13.1. The predicted molar refractivity (Wildman–Crippen MR) is 226 cm³/mol. The summed E-state index contributed by atoms with van der Waals surface area (Å²) in [5, 5.41) is 9.94. The Hall–Kier alpha value is -4.90. The van der Waals surface area contributed by atoms with Crippen molar-refractivity contribution in [1.29, 1.82) is 5.26 Å². The zero-order valence-electron chi connectivity index (χ0n) is 33.7. The summed E-state index contributed by atoms with van der Waals surface area (Å²) in [6.07, 6.45) is 25.3. The number of nitrogens with zero attached hydrogens (tertiary/aromatic N) is 4. The van der Waals surface area contributed by atoms with E-state index in [1.54, 1.807) is 13.8 Å². The van der Waals surface area contributed by atoms with Crippen molar-refractivity contribution in [3.8, 4) is 15.8 Å². The second-order valence-corrected chi connectivity index (χ2v) is 20.0. The number of hydrogen-bond acceptors (Lipinski definition) is 7. The highest BCUT2D eigenvalue weighted by Gasteiger charge is 2.58. The van der Waals surface area contributed by atoms with Gasteiger partial charge in [-0.2, -0.15) is 5.26 Å². The monoisotopic (exact) mass is 806 g/mol. The molecule has 0 atom stereocenters. The third-order valence-corrected chi connectivity index (χ3v) is 17.7. The molecule has 3 saturated carbocycles. The van der Waals surface area contributed by atoms with E-state index >= 15 is 0 Å². The number of nitriles is 1. The standard InChI is InChI=1S/C48H46N4O4S2/c1-26-30(42(53)51(4)44(55)32(26)25-49)21-28-23-33-35(46(28)15-9-6-10-16-46)37-40(57-33)41-38(48(37)19-13-8-14-20-48)36-34(58-41)24-29(47(36)17-11-7-12-18-47)22-31-27(2)39(50-3)45(56)52(5)43(31)54/h21-24H,6-20H2,1-2,4-5H3/b30-21+,31-22+. The summed E-state index contributed by atoms with van der Waals surface area (Å²) < 4.78 is 0. The van der Waals surface area contributed by atoms with E-state index in [-0.39, 0.29) is 39.3 Å². The third-order valence-electron chi connectivity index (χ3n) is 15.2. The molecule has 8 nitrogen and oxygen atoms in total. The summed E-state index contributed by atoms with van der Waals surface area (Å²) in [7, 11) is 2.95. The summed E-state index contributed by atoms with van der Waals surface area (Å²) in [6, 6.07) is 2.08. The molecule has 4 heterocycles. The van der Waals surface area contributed by atoms with Crippen LogP contribution in [0, 0.1) is 17.9 Å². The maximum atomic E-state index is 13.7. The van der Waals surface area contributed by atoms with Crippen LogP contribution < -0.4 is 0 Å². The van der Waals surface area contributed by atoms with Gasteiger partial charge in [0.05, 0.1) is 6.57 Å². The average Bonchev–Trinajstić information content (AvgIpc) is 3.99. The lowest BCUT2D eigenvalue weighted by molar-refractivity contribution is -0.140. The first-order chi connectivity index (χ1) is 27.9. The fraction of sp³-hybridized carbons (Fsp3) is 0.458. The van der Waals surface area contributed by atoms with E-state index in [0.717, 1.165) is 98.0 Å². The SMILES string of the molecule is [C-]#[N+]C1=C(C)/C(=C\C2=Cc3sc4c(c3C23CCCCC3)C2(CCCCC2)c2c-4sc3c2C2(CCCCC2)C(/C=C2/C(=O)N(C)C(=O)C(C#N)=C2C)=C3)C(=O)N(C)C1=O. The van der Waals surface area contributed by atoms with Crippen LogP contribution in [0.3, 0.4) is 0 Å². The number of amides is 4. The van der Waals surface area contributed by atoms with Crippen LogP contribution in [-0.4, -0.2) is 47.5 Å². The second-order valence-electron chi connectivity index (χ2n) is 17.9. The first-order valence-electron chi connectivity index (χ1n) is 21.0. The fourth-order valence-electron chi connectivity index (χ4n) is 12.3. The smallest absolute Gasteiger partial charge is 0.271 e. The van der Waals surface area contributed by atoms with Crippen LogP contribution in [0.2, 0.25) is 0 Å². The van der Waals surface area contributed by atoms with E-state index in [1.165, 1.54) is 75.1 Å². The summed E-state index contributed by atoms with van der Waals surface area (Å²) >= 11 is 3.86. The van der Waals surface area contributed by atoms with E-state index in [4.69, 9.17) is 6.57 Å². The Morgan fingerprint density at radius 1 is 0.621 bits per heavy atom. The van der Waals surface area contributed by atoms with Crippen molar-refractivity contribution in [2.75, 3.05) is 14.1 Å². The lowest BCUT2D eigenvalue weighted by Crippen LogP contribution is -2.40. The van der Waals surface area contributed by atoms with Crippen LogP contribution in [0.5, 0.6) is 0 Å². The number of thiophene rings is 2. The van der Waals surface area contributed by atoms with Gasteiger partial charge in [-0.05, 0) is 121 Å². The molecule has 3 spiro atoms. The van der Waals surface area contributed by atoms with Gasteiger partial charge in [0, 0.05) is 61.0 Å². The van der Waals surface area contributed by atoms with Gasteiger partial charge in [0.2, 0.25) is 0 Å². The molecule has 0 N–H and O–H groups in total. The maximum absolute atomic E-state index is 13.7. The Kier molecular flexibility index (Phi) is 8.41. The normalized spacial score (nSPS) is 25.5. The highest BCUT2D eigenvalue weighted by Crippen LogP contribution is 2.71. The molecular weight excluding hydrogens is 761 g/mol. The Balaban J connectivity index is 1.17. The number of imide groups is 2. The van der Waals surface area contributed by atoms with Crippen LogP contribution in [0.25, 0.3) is 26.8 Å². The molecule has 2 aromatic heterocycles. The van der Waals surface area contributed by atoms with Gasteiger partial charge < -0.3 is 0 Å². The van der Waals surface area contributed by atoms with Crippen molar-refractivity contribution in [2.24, 2.45) is 0 Å². The molecule has 3 fully saturated rings. The first kappa shape index (κ1) is 37.4. The Labute approximate surface area is 347 Å². The molecule has 0 bridgehead atoms. The van der Waals surface area contributed by atoms with Crippen molar-refractivity contribution >= 4 is 58.5 Å². The van der Waals surface area contributed by atoms with Crippen molar-refractivity contribution < 1.29 is 19.2 Å². The van der Waals surface area contributed by atoms with E-state index in [2.05, 4.69) is 23.1 Å². The van der Waals surface area contributed by atoms with E-state index in [9.17, 15) is 24.4 Å². The molecule has 0 saturated heterocycles. The quantitative estimate of drug-likeness (QED) is 0.171. The van der Waals surface area contributed by atoms with Gasteiger partial charge in [0.15, 0.2) is 0 Å². The van der Waals surface area contributed by atoms with Gasteiger partial charge in [0.1, 0.15) is 11.6 Å². The van der Waals surface area contributed by atoms with Crippen LogP contribution in [0.4, 0.5) is 0 Å². The number of carbonyl (C=O) groups excluding carboxylic acids is 4. The Morgan fingerprint density at radius 3 is 1.47 bits per heavy atom. The first-order valence-corrected chi connectivity index (χ1v) is 22.7. The van der Waals surface area contributed by atoms with Gasteiger partial charge in [-0.15, -0.1) is 22.7 Å². The van der Waals surface area contributed by atoms with Crippen molar-refractivity contribution in [3.05, 3.63) is 100 Å². The summed E-state index contributed by atoms with van der Waals surface area (Å²) in [6.45, 7) is 11.3. The van der Waals surface area contributed by atoms with Crippen LogP contribution in [-0.2, 0) is 35.4 Å². The van der Waals surface area contributed by atoms with E-state index in [1.807, 2.05) is 34.8 Å². The zero-order valence-corrected chi connectivity index (χ0v) is 35.3. The lowest BCUT2D eigenvalue weighted by Gasteiger charge is -2.44. The molecule has 2 aliphatic heterocycles. The Morgan fingerprint density at radius 2 is 1.03 bits per heavy atom. The van der Waals surface area contributed by atoms with Gasteiger partial charge in [-0.3, -0.25) is 29.0 Å². The van der Waals surface area contributed by atoms with Crippen molar-refractivity contribution in [3.63, 3.8) is 0 Å². The molecule has 10 heteroatoms. The minimum absolute atomic E-state index is 0.0186. The molecular formula is C48H46N4O4S2. The van der Waals surface area contributed by atoms with Crippen LogP contribution in [0.1, 0.15) is 142 Å². The minimum Gasteiger partial charge on any atom is -0.287 e. The molecule has 0 radical (unpaired) electrons. The van der Waals surface area contributed by atoms with E-state index < -0.39 is 11.8 Å². The summed E-state index contributed by atoms with van der Waals surface area (Å²) in [5.41, 5.74) is 9.59. The molecule has 4 amide bonds. The summed E-state index contributed by atoms with van der Waals surface area (Å²) in [4.78, 5) is 64.5. The van der Waals surface area contributed by atoms with Crippen molar-refractivity contribution in [1.82, 2.24) is 9.80 Å². The number of carbonyl (C=O) groups is 4. The highest BCUT2D eigenvalue weighted by atomic mass is 32.1. The molecule has 2 aromatic rings.